The maximum atomic E-state index is 13.4. The lowest BCUT2D eigenvalue weighted by atomic mass is 9.93. The van der Waals surface area contributed by atoms with Crippen molar-refractivity contribution in [1.82, 2.24) is 9.80 Å². The van der Waals surface area contributed by atoms with E-state index in [1.54, 1.807) is 0 Å². The van der Waals surface area contributed by atoms with Gasteiger partial charge in [-0.3, -0.25) is 4.79 Å². The van der Waals surface area contributed by atoms with Gasteiger partial charge in [0.15, 0.2) is 0 Å². The number of nitrogens with zero attached hydrogens (tertiary/aromatic N) is 3. The van der Waals surface area contributed by atoms with E-state index in [9.17, 15) is 4.79 Å². The second kappa shape index (κ2) is 14.6. The van der Waals surface area contributed by atoms with Crippen LogP contribution in [-0.2, 0) is 11.4 Å². The molecule has 2 saturated heterocycles. The molecular weight excluding hydrogens is 482 g/mol. The van der Waals surface area contributed by atoms with Crippen molar-refractivity contribution in [2.24, 2.45) is 11.8 Å². The minimum Gasteiger partial charge on any atom is -0.489 e. The fourth-order valence-electron chi connectivity index (χ4n) is 5.72. The third-order valence-electron chi connectivity index (χ3n) is 8.29. The molecule has 2 aliphatic rings. The van der Waals surface area contributed by atoms with Crippen LogP contribution in [0.1, 0.15) is 65.4 Å². The van der Waals surface area contributed by atoms with Gasteiger partial charge < -0.3 is 19.4 Å². The number of hydrogen-bond donors (Lipinski definition) is 0. The first-order valence-corrected chi connectivity index (χ1v) is 15.1. The zero-order chi connectivity index (χ0) is 27.6. The molecule has 0 aliphatic carbocycles. The number of piperidine rings is 2. The molecule has 0 atom stereocenters. The fraction of sp³-hybridized carbons (Fsp3) is 0.559. The minimum atomic E-state index is 0.210. The SMILES string of the molecule is CC(C)=CCN(c1ccc(OCc2ccccc2)cc1)C1CCN(C(=O)C2CCN(CCC(C)C)CC2)CC1. The van der Waals surface area contributed by atoms with Crippen molar-refractivity contribution in [1.29, 1.82) is 0 Å². The second-order valence-electron chi connectivity index (χ2n) is 12.1. The van der Waals surface area contributed by atoms with Crippen LogP contribution in [0.2, 0.25) is 0 Å². The van der Waals surface area contributed by atoms with Crippen LogP contribution in [0.4, 0.5) is 5.69 Å². The lowest BCUT2D eigenvalue weighted by Crippen LogP contribution is -2.50. The molecule has 2 heterocycles. The summed E-state index contributed by atoms with van der Waals surface area (Å²) >= 11 is 0. The van der Waals surface area contributed by atoms with Crippen molar-refractivity contribution in [3.8, 4) is 5.75 Å². The summed E-state index contributed by atoms with van der Waals surface area (Å²) in [6.07, 6.45) is 7.62. The maximum Gasteiger partial charge on any atom is 0.225 e. The summed E-state index contributed by atoms with van der Waals surface area (Å²) in [5.74, 6) is 2.24. The first-order valence-electron chi connectivity index (χ1n) is 15.1. The molecule has 0 bridgehead atoms. The molecule has 0 radical (unpaired) electrons. The van der Waals surface area contributed by atoms with Crippen molar-refractivity contribution in [2.45, 2.75) is 72.4 Å². The highest BCUT2D eigenvalue weighted by Gasteiger charge is 2.32. The van der Waals surface area contributed by atoms with Crippen molar-refractivity contribution in [2.75, 3.05) is 44.2 Å². The summed E-state index contributed by atoms with van der Waals surface area (Å²) in [6, 6.07) is 19.2. The standard InChI is InChI=1S/C34H49N3O2/c1-27(2)14-20-35-21-16-30(17-22-35)34(38)36-23-18-32(19-24-36)37(25-15-28(3)4)31-10-12-33(13-11-31)39-26-29-8-6-5-7-9-29/h5-13,15,27,30,32H,14,16-26H2,1-4H3. The zero-order valence-electron chi connectivity index (χ0n) is 24.6. The Kier molecular flexibility index (Phi) is 10.9. The number of carbonyl (C=O) groups excluding carboxylic acids is 1. The van der Waals surface area contributed by atoms with Gasteiger partial charge in [0, 0.05) is 37.3 Å². The summed E-state index contributed by atoms with van der Waals surface area (Å²) in [5, 5.41) is 0. The van der Waals surface area contributed by atoms with E-state index in [1.807, 2.05) is 18.2 Å². The van der Waals surface area contributed by atoms with Gasteiger partial charge in [-0.15, -0.1) is 0 Å². The van der Waals surface area contributed by atoms with Crippen molar-refractivity contribution < 1.29 is 9.53 Å². The molecule has 212 valence electrons. The van der Waals surface area contributed by atoms with Gasteiger partial charge in [-0.05, 0) is 101 Å². The van der Waals surface area contributed by atoms with E-state index in [2.05, 4.69) is 84.9 Å². The first-order chi connectivity index (χ1) is 18.9. The van der Waals surface area contributed by atoms with E-state index in [0.717, 1.165) is 70.1 Å². The topological polar surface area (TPSA) is 36.0 Å². The van der Waals surface area contributed by atoms with Crippen LogP contribution in [0, 0.1) is 11.8 Å². The highest BCUT2D eigenvalue weighted by Crippen LogP contribution is 2.28. The van der Waals surface area contributed by atoms with Crippen LogP contribution in [-0.4, -0.2) is 61.0 Å². The molecule has 0 saturated carbocycles. The van der Waals surface area contributed by atoms with Crippen LogP contribution in [0.5, 0.6) is 5.75 Å². The van der Waals surface area contributed by atoms with Crippen LogP contribution in [0.3, 0.4) is 0 Å². The third kappa shape index (κ3) is 8.86. The van der Waals surface area contributed by atoms with E-state index in [1.165, 1.54) is 29.8 Å². The molecule has 4 rings (SSSR count). The molecule has 2 aromatic rings. The third-order valence-corrected chi connectivity index (χ3v) is 8.29. The van der Waals surface area contributed by atoms with Crippen molar-refractivity contribution in [3.05, 3.63) is 71.8 Å². The number of likely N-dealkylation sites (tertiary alicyclic amines) is 2. The van der Waals surface area contributed by atoms with Gasteiger partial charge in [-0.2, -0.15) is 0 Å². The molecule has 2 aromatic carbocycles. The van der Waals surface area contributed by atoms with E-state index in [0.29, 0.717) is 18.6 Å². The zero-order valence-corrected chi connectivity index (χ0v) is 24.6. The summed E-state index contributed by atoms with van der Waals surface area (Å²) in [5.41, 5.74) is 3.72. The summed E-state index contributed by atoms with van der Waals surface area (Å²) in [6.45, 7) is 15.4. The predicted octanol–water partition coefficient (Wildman–Crippen LogP) is 6.79. The number of anilines is 1. The summed E-state index contributed by atoms with van der Waals surface area (Å²) in [7, 11) is 0. The Morgan fingerprint density at radius 2 is 1.62 bits per heavy atom. The molecular formula is C34H49N3O2. The number of hydrogen-bond acceptors (Lipinski definition) is 4. The van der Waals surface area contributed by atoms with Crippen LogP contribution < -0.4 is 9.64 Å². The molecule has 2 fully saturated rings. The van der Waals surface area contributed by atoms with Gasteiger partial charge in [0.2, 0.25) is 5.91 Å². The molecule has 5 heteroatoms. The minimum absolute atomic E-state index is 0.210. The van der Waals surface area contributed by atoms with Crippen molar-refractivity contribution >= 4 is 11.6 Å². The monoisotopic (exact) mass is 531 g/mol. The van der Waals surface area contributed by atoms with Gasteiger partial charge in [-0.25, -0.2) is 0 Å². The maximum absolute atomic E-state index is 13.4. The molecule has 39 heavy (non-hydrogen) atoms. The first kappa shape index (κ1) is 29.2. The van der Waals surface area contributed by atoms with Crippen LogP contribution in [0.25, 0.3) is 0 Å². The van der Waals surface area contributed by atoms with Crippen LogP contribution >= 0.6 is 0 Å². The van der Waals surface area contributed by atoms with E-state index < -0.39 is 0 Å². The Hall–Kier alpha value is -2.79. The second-order valence-corrected chi connectivity index (χ2v) is 12.1. The lowest BCUT2D eigenvalue weighted by molar-refractivity contribution is -0.138. The molecule has 2 aliphatic heterocycles. The van der Waals surface area contributed by atoms with Gasteiger partial charge in [0.05, 0.1) is 0 Å². The Bertz CT molecular complexity index is 1030. The van der Waals surface area contributed by atoms with Gasteiger partial charge >= 0.3 is 0 Å². The highest BCUT2D eigenvalue weighted by atomic mass is 16.5. The Balaban J connectivity index is 1.30. The number of rotatable bonds is 11. The lowest BCUT2D eigenvalue weighted by Gasteiger charge is -2.41. The average molecular weight is 532 g/mol. The predicted molar refractivity (Wildman–Crippen MR) is 162 cm³/mol. The van der Waals surface area contributed by atoms with E-state index in [4.69, 9.17) is 4.74 Å². The summed E-state index contributed by atoms with van der Waals surface area (Å²) in [4.78, 5) is 20.6. The largest absolute Gasteiger partial charge is 0.489 e. The number of benzene rings is 2. The number of carbonyl (C=O) groups is 1. The van der Waals surface area contributed by atoms with Gasteiger partial charge in [0.1, 0.15) is 12.4 Å². The molecule has 0 unspecified atom stereocenters. The molecule has 0 aromatic heterocycles. The highest BCUT2D eigenvalue weighted by molar-refractivity contribution is 5.79. The molecule has 0 N–H and O–H groups in total. The van der Waals surface area contributed by atoms with Gasteiger partial charge in [0.25, 0.3) is 0 Å². The quantitative estimate of drug-likeness (QED) is 0.299. The Morgan fingerprint density at radius 3 is 2.23 bits per heavy atom. The number of allylic oxidation sites excluding steroid dienone is 1. The summed E-state index contributed by atoms with van der Waals surface area (Å²) < 4.78 is 6.02. The van der Waals surface area contributed by atoms with Crippen LogP contribution in [0.15, 0.2) is 66.2 Å². The Labute approximate surface area is 236 Å². The van der Waals surface area contributed by atoms with E-state index in [-0.39, 0.29) is 5.92 Å². The fourth-order valence-corrected chi connectivity index (χ4v) is 5.72. The normalized spacial score (nSPS) is 17.3. The average Bonchev–Trinajstić information content (AvgIpc) is 2.96. The van der Waals surface area contributed by atoms with Gasteiger partial charge in [-0.1, -0.05) is 55.8 Å². The molecule has 1 amide bonds. The van der Waals surface area contributed by atoms with E-state index >= 15 is 0 Å². The Morgan fingerprint density at radius 1 is 0.949 bits per heavy atom. The van der Waals surface area contributed by atoms with Crippen molar-refractivity contribution in [3.63, 3.8) is 0 Å². The number of ether oxygens (including phenoxy) is 1. The smallest absolute Gasteiger partial charge is 0.225 e. The number of amides is 1. The molecule has 0 spiro atoms. The molecule has 5 nitrogen and oxygen atoms in total.